The van der Waals surface area contributed by atoms with Gasteiger partial charge in [-0.25, -0.2) is 4.79 Å². The molecule has 0 radical (unpaired) electrons. The molecule has 1 rings (SSSR count). The van der Waals surface area contributed by atoms with E-state index in [1.807, 2.05) is 13.8 Å². The molecule has 0 saturated carbocycles. The summed E-state index contributed by atoms with van der Waals surface area (Å²) in [4.78, 5) is 23.1. The van der Waals surface area contributed by atoms with Crippen LogP contribution in [0.2, 0.25) is 0 Å². The summed E-state index contributed by atoms with van der Waals surface area (Å²) < 4.78 is 16.1. The van der Waals surface area contributed by atoms with Gasteiger partial charge in [-0.3, -0.25) is 4.79 Å². The van der Waals surface area contributed by atoms with Gasteiger partial charge in [-0.2, -0.15) is 0 Å². The van der Waals surface area contributed by atoms with Crippen molar-refractivity contribution in [1.82, 2.24) is 0 Å². The van der Waals surface area contributed by atoms with E-state index in [9.17, 15) is 14.7 Å². The lowest BCUT2D eigenvalue weighted by Gasteiger charge is -2.35. The summed E-state index contributed by atoms with van der Waals surface area (Å²) in [6.07, 6.45) is 0.783. The minimum absolute atomic E-state index is 0.0322. The largest absolute Gasteiger partial charge is 0.463 e. The molecule has 0 bridgehead atoms. The molecule has 22 heavy (non-hydrogen) atoms. The Bertz CT molecular complexity index is 413. The fraction of sp³-hybridized carbons (Fsp3) is 0.750. The normalized spacial score (nSPS) is 24.8. The molecule has 0 amide bonds. The van der Waals surface area contributed by atoms with E-state index < -0.39 is 30.3 Å². The molecule has 0 aromatic rings. The van der Waals surface area contributed by atoms with Crippen molar-refractivity contribution in [1.29, 1.82) is 0 Å². The molecular formula is C16H26O6. The highest BCUT2D eigenvalue weighted by atomic mass is 16.6. The maximum absolute atomic E-state index is 11.8. The highest BCUT2D eigenvalue weighted by molar-refractivity contribution is 5.89. The highest BCUT2D eigenvalue weighted by Crippen LogP contribution is 2.27. The molecule has 0 spiro atoms. The van der Waals surface area contributed by atoms with Crippen LogP contribution in [0, 0.1) is 0 Å². The monoisotopic (exact) mass is 314 g/mol. The van der Waals surface area contributed by atoms with E-state index in [2.05, 4.69) is 0 Å². The first-order valence-corrected chi connectivity index (χ1v) is 7.81. The smallest absolute Gasteiger partial charge is 0.333 e. The standard InChI is InChI=1S/C16H26O6/c1-5-12(6-2)22-15-13(18)8-11(16(19)20-7-3)9-14(15)21-10(4)17/h8,12-15,18H,5-7,9H2,1-4H3. The number of aliphatic hydroxyl groups is 1. The molecule has 6 heteroatoms. The van der Waals surface area contributed by atoms with E-state index in [-0.39, 0.29) is 19.1 Å². The van der Waals surface area contributed by atoms with E-state index in [4.69, 9.17) is 14.2 Å². The van der Waals surface area contributed by atoms with E-state index in [0.717, 1.165) is 12.8 Å². The third-order valence-corrected chi connectivity index (χ3v) is 3.61. The van der Waals surface area contributed by atoms with Crippen molar-refractivity contribution in [2.45, 2.75) is 71.4 Å². The number of esters is 2. The van der Waals surface area contributed by atoms with Crippen LogP contribution in [0.3, 0.4) is 0 Å². The lowest BCUT2D eigenvalue weighted by molar-refractivity contribution is -0.170. The Morgan fingerprint density at radius 2 is 1.95 bits per heavy atom. The van der Waals surface area contributed by atoms with Crippen LogP contribution in [0.15, 0.2) is 11.6 Å². The molecule has 1 aliphatic rings. The first-order chi connectivity index (χ1) is 10.4. The van der Waals surface area contributed by atoms with Crippen LogP contribution in [0.1, 0.15) is 47.0 Å². The van der Waals surface area contributed by atoms with E-state index in [0.29, 0.717) is 5.57 Å². The zero-order valence-electron chi connectivity index (χ0n) is 13.7. The minimum Gasteiger partial charge on any atom is -0.463 e. The van der Waals surface area contributed by atoms with Gasteiger partial charge in [0.2, 0.25) is 0 Å². The average Bonchev–Trinajstić information content (AvgIpc) is 2.46. The Morgan fingerprint density at radius 1 is 1.32 bits per heavy atom. The van der Waals surface area contributed by atoms with Crippen molar-refractivity contribution in [2.75, 3.05) is 6.61 Å². The quantitative estimate of drug-likeness (QED) is 0.721. The summed E-state index contributed by atoms with van der Waals surface area (Å²) in [6.45, 7) is 7.23. The highest BCUT2D eigenvalue weighted by Gasteiger charge is 2.38. The predicted octanol–water partition coefficient (Wildman–Crippen LogP) is 1.75. The van der Waals surface area contributed by atoms with Crippen LogP contribution in [0.4, 0.5) is 0 Å². The Morgan fingerprint density at radius 3 is 2.45 bits per heavy atom. The number of hydrogen-bond donors (Lipinski definition) is 1. The fourth-order valence-corrected chi connectivity index (χ4v) is 2.49. The zero-order valence-corrected chi connectivity index (χ0v) is 13.7. The molecule has 1 N–H and O–H groups in total. The van der Waals surface area contributed by atoms with Crippen LogP contribution in [0.25, 0.3) is 0 Å². The minimum atomic E-state index is -1.02. The molecule has 6 nitrogen and oxygen atoms in total. The van der Waals surface area contributed by atoms with Crippen LogP contribution in [-0.4, -0.2) is 48.1 Å². The topological polar surface area (TPSA) is 82.1 Å². The van der Waals surface area contributed by atoms with Gasteiger partial charge in [0.15, 0.2) is 0 Å². The lowest BCUT2D eigenvalue weighted by Crippen LogP contribution is -2.47. The molecule has 1 aliphatic carbocycles. The van der Waals surface area contributed by atoms with Crippen molar-refractivity contribution < 1.29 is 28.9 Å². The van der Waals surface area contributed by atoms with Gasteiger partial charge in [-0.05, 0) is 25.8 Å². The molecule has 126 valence electrons. The number of hydrogen-bond acceptors (Lipinski definition) is 6. The predicted molar refractivity (Wildman–Crippen MR) is 80.1 cm³/mol. The van der Waals surface area contributed by atoms with Crippen LogP contribution in [-0.2, 0) is 23.8 Å². The summed E-state index contributed by atoms with van der Waals surface area (Å²) in [7, 11) is 0. The lowest BCUT2D eigenvalue weighted by atomic mass is 9.91. The van der Waals surface area contributed by atoms with Gasteiger partial charge < -0.3 is 19.3 Å². The fourth-order valence-electron chi connectivity index (χ4n) is 2.49. The Labute approximate surface area is 131 Å². The van der Waals surface area contributed by atoms with Crippen LogP contribution in [0.5, 0.6) is 0 Å². The number of carbonyl (C=O) groups is 2. The molecule has 3 unspecified atom stereocenters. The van der Waals surface area contributed by atoms with E-state index >= 15 is 0 Å². The molecule has 0 heterocycles. The summed E-state index contributed by atoms with van der Waals surface area (Å²) in [5, 5.41) is 10.3. The van der Waals surface area contributed by atoms with Crippen molar-refractivity contribution in [3.8, 4) is 0 Å². The van der Waals surface area contributed by atoms with Gasteiger partial charge in [-0.15, -0.1) is 0 Å². The number of ether oxygens (including phenoxy) is 3. The zero-order chi connectivity index (χ0) is 16.7. The second kappa shape index (κ2) is 8.90. The Hall–Kier alpha value is -1.40. The second-order valence-corrected chi connectivity index (χ2v) is 5.29. The maximum atomic E-state index is 11.8. The third-order valence-electron chi connectivity index (χ3n) is 3.61. The number of carbonyl (C=O) groups excluding carboxylic acids is 2. The summed E-state index contributed by atoms with van der Waals surface area (Å²) in [5.41, 5.74) is 0.310. The van der Waals surface area contributed by atoms with Gasteiger partial charge in [0.25, 0.3) is 0 Å². The molecule has 0 saturated heterocycles. The molecule has 0 aromatic carbocycles. The first-order valence-electron chi connectivity index (χ1n) is 7.81. The first kappa shape index (κ1) is 18.6. The molecule has 3 atom stereocenters. The molecular weight excluding hydrogens is 288 g/mol. The van der Waals surface area contributed by atoms with Gasteiger partial charge in [0.1, 0.15) is 18.3 Å². The van der Waals surface area contributed by atoms with Crippen molar-refractivity contribution in [3.63, 3.8) is 0 Å². The van der Waals surface area contributed by atoms with Crippen LogP contribution >= 0.6 is 0 Å². The van der Waals surface area contributed by atoms with Crippen molar-refractivity contribution in [2.24, 2.45) is 0 Å². The molecule has 0 aliphatic heterocycles. The second-order valence-electron chi connectivity index (χ2n) is 5.29. The van der Waals surface area contributed by atoms with Gasteiger partial charge in [0, 0.05) is 18.9 Å². The Balaban J connectivity index is 2.93. The van der Waals surface area contributed by atoms with Gasteiger partial charge in [-0.1, -0.05) is 13.8 Å². The number of rotatable bonds is 7. The van der Waals surface area contributed by atoms with Gasteiger partial charge >= 0.3 is 11.9 Å². The summed E-state index contributed by atoms with van der Waals surface area (Å²) >= 11 is 0. The van der Waals surface area contributed by atoms with Crippen LogP contribution < -0.4 is 0 Å². The average molecular weight is 314 g/mol. The number of aliphatic hydroxyl groups excluding tert-OH is 1. The van der Waals surface area contributed by atoms with Crippen molar-refractivity contribution >= 4 is 11.9 Å². The summed E-state index contributed by atoms with van der Waals surface area (Å²) in [6, 6.07) is 0. The maximum Gasteiger partial charge on any atom is 0.333 e. The van der Waals surface area contributed by atoms with Gasteiger partial charge in [0.05, 0.1) is 12.7 Å². The molecule has 0 fully saturated rings. The van der Waals surface area contributed by atoms with E-state index in [1.165, 1.54) is 13.0 Å². The third kappa shape index (κ3) is 5.10. The Kier molecular flexibility index (Phi) is 7.55. The van der Waals surface area contributed by atoms with E-state index in [1.54, 1.807) is 6.92 Å². The van der Waals surface area contributed by atoms with Crippen molar-refractivity contribution in [3.05, 3.63) is 11.6 Å². The molecule has 0 aromatic heterocycles. The SMILES string of the molecule is CCOC(=O)C1=CC(O)C(OC(CC)CC)C(OC(C)=O)C1. The summed E-state index contributed by atoms with van der Waals surface area (Å²) in [5.74, 6) is -0.972.